The molecule has 0 aromatic carbocycles. The van der Waals surface area contributed by atoms with Crippen molar-refractivity contribution in [2.24, 2.45) is 0 Å². The molecule has 4 nitrogen and oxygen atoms in total. The van der Waals surface area contributed by atoms with Crippen LogP contribution in [0.1, 0.15) is 168 Å². The lowest BCUT2D eigenvalue weighted by Gasteiger charge is -2.13. The number of carboxylic acids is 1. The van der Waals surface area contributed by atoms with Crippen molar-refractivity contribution in [3.05, 3.63) is 12.2 Å². The number of esters is 1. The first-order valence-electron chi connectivity index (χ1n) is 15.2. The van der Waals surface area contributed by atoms with Gasteiger partial charge in [-0.15, -0.1) is 0 Å². The van der Waals surface area contributed by atoms with E-state index >= 15 is 0 Å². The molecule has 0 saturated carbocycles. The number of carbonyl (C=O) groups is 2. The molecule has 35 heavy (non-hydrogen) atoms. The molecule has 0 aliphatic rings. The molecule has 0 aromatic rings. The molecule has 0 heterocycles. The number of unbranched alkanes of at least 4 members (excludes halogenated alkanes) is 19. The van der Waals surface area contributed by atoms with Crippen molar-refractivity contribution in [3.63, 3.8) is 0 Å². The third kappa shape index (κ3) is 25.6. The second-order valence-corrected chi connectivity index (χ2v) is 10.3. The van der Waals surface area contributed by atoms with Gasteiger partial charge in [-0.3, -0.25) is 4.79 Å². The van der Waals surface area contributed by atoms with Gasteiger partial charge in [0, 0.05) is 6.42 Å². The summed E-state index contributed by atoms with van der Waals surface area (Å²) in [5.74, 6) is -1.36. The standard InChI is InChI=1S/C31H58O4/c1-3-5-7-9-11-13-15-17-19-21-23-25-27-29(31(33)34)35-30(32)28-26-24-22-20-18-16-14-12-10-8-6-4-2/h10,12,29H,3-9,11,13-28H2,1-2H3,(H,33,34)/b12-10-. The Morgan fingerprint density at radius 1 is 0.600 bits per heavy atom. The van der Waals surface area contributed by atoms with Crippen molar-refractivity contribution in [2.45, 2.75) is 174 Å². The third-order valence-corrected chi connectivity index (χ3v) is 6.76. The molecule has 0 radical (unpaired) electrons. The Morgan fingerprint density at radius 3 is 1.54 bits per heavy atom. The van der Waals surface area contributed by atoms with Gasteiger partial charge in [-0.25, -0.2) is 4.79 Å². The van der Waals surface area contributed by atoms with Crippen LogP contribution in [0.2, 0.25) is 0 Å². The number of ether oxygens (including phenoxy) is 1. The normalized spacial score (nSPS) is 12.3. The molecule has 0 spiro atoms. The van der Waals surface area contributed by atoms with E-state index in [0.717, 1.165) is 38.5 Å². The fourth-order valence-corrected chi connectivity index (χ4v) is 4.42. The van der Waals surface area contributed by atoms with Crippen LogP contribution in [0.25, 0.3) is 0 Å². The third-order valence-electron chi connectivity index (χ3n) is 6.76. The Morgan fingerprint density at radius 2 is 1.03 bits per heavy atom. The Hall–Kier alpha value is -1.32. The van der Waals surface area contributed by atoms with Crippen molar-refractivity contribution in [1.29, 1.82) is 0 Å². The Labute approximate surface area is 217 Å². The maximum absolute atomic E-state index is 12.1. The van der Waals surface area contributed by atoms with E-state index in [2.05, 4.69) is 26.0 Å². The second kappa shape index (κ2) is 27.3. The first kappa shape index (κ1) is 33.7. The highest BCUT2D eigenvalue weighted by Gasteiger charge is 2.21. The zero-order chi connectivity index (χ0) is 25.8. The fraction of sp³-hybridized carbons (Fsp3) is 0.871. The van der Waals surface area contributed by atoms with Crippen LogP contribution in [0, 0.1) is 0 Å². The number of carbonyl (C=O) groups excluding carboxylic acids is 1. The molecule has 0 bridgehead atoms. The van der Waals surface area contributed by atoms with Crippen LogP contribution in [-0.2, 0) is 14.3 Å². The molecular formula is C31H58O4. The van der Waals surface area contributed by atoms with Gasteiger partial charge in [-0.1, -0.05) is 135 Å². The highest BCUT2D eigenvalue weighted by Crippen LogP contribution is 2.15. The predicted molar refractivity (Wildman–Crippen MR) is 149 cm³/mol. The van der Waals surface area contributed by atoms with Crippen LogP contribution in [-0.4, -0.2) is 23.1 Å². The van der Waals surface area contributed by atoms with Crippen LogP contribution in [0.15, 0.2) is 12.2 Å². The summed E-state index contributed by atoms with van der Waals surface area (Å²) in [5.41, 5.74) is 0. The van der Waals surface area contributed by atoms with Gasteiger partial charge in [0.05, 0.1) is 0 Å². The van der Waals surface area contributed by atoms with E-state index in [1.54, 1.807) is 0 Å². The fourth-order valence-electron chi connectivity index (χ4n) is 4.42. The second-order valence-electron chi connectivity index (χ2n) is 10.3. The van der Waals surface area contributed by atoms with Crippen molar-refractivity contribution in [1.82, 2.24) is 0 Å². The molecular weight excluding hydrogens is 436 g/mol. The zero-order valence-electron chi connectivity index (χ0n) is 23.4. The number of carboxylic acid groups (broad SMARTS) is 1. The first-order chi connectivity index (χ1) is 17.1. The Bertz CT molecular complexity index is 500. The summed E-state index contributed by atoms with van der Waals surface area (Å²) in [5, 5.41) is 9.39. The van der Waals surface area contributed by atoms with E-state index in [-0.39, 0.29) is 5.97 Å². The summed E-state index contributed by atoms with van der Waals surface area (Å²) in [6, 6.07) is 0. The lowest BCUT2D eigenvalue weighted by Crippen LogP contribution is -2.27. The van der Waals surface area contributed by atoms with Gasteiger partial charge in [-0.05, 0) is 38.5 Å². The SMILES string of the molecule is CCCC/C=C\CCCCCCCCC(=O)OC(CCCCCCCCCCCCCC)C(=O)O. The first-order valence-corrected chi connectivity index (χ1v) is 15.2. The van der Waals surface area contributed by atoms with Crippen LogP contribution in [0.5, 0.6) is 0 Å². The van der Waals surface area contributed by atoms with Gasteiger partial charge in [0.2, 0.25) is 0 Å². The Kier molecular flexibility index (Phi) is 26.2. The highest BCUT2D eigenvalue weighted by molar-refractivity contribution is 5.77. The molecule has 1 N–H and O–H groups in total. The minimum atomic E-state index is -1.01. The molecule has 0 aliphatic carbocycles. The highest BCUT2D eigenvalue weighted by atomic mass is 16.6. The van der Waals surface area contributed by atoms with Crippen LogP contribution in [0.3, 0.4) is 0 Å². The van der Waals surface area contributed by atoms with Gasteiger partial charge < -0.3 is 9.84 Å². The minimum absolute atomic E-state index is 0.336. The van der Waals surface area contributed by atoms with Crippen molar-refractivity contribution in [2.75, 3.05) is 0 Å². The summed E-state index contributed by atoms with van der Waals surface area (Å²) < 4.78 is 5.27. The quantitative estimate of drug-likeness (QED) is 0.0701. The molecule has 0 aromatic heterocycles. The number of aliphatic carboxylic acids is 1. The molecule has 4 heteroatoms. The molecule has 1 atom stereocenters. The number of hydrogen-bond acceptors (Lipinski definition) is 3. The topological polar surface area (TPSA) is 63.6 Å². The lowest BCUT2D eigenvalue weighted by molar-refractivity contribution is -0.164. The minimum Gasteiger partial charge on any atom is -0.479 e. The summed E-state index contributed by atoms with van der Waals surface area (Å²) in [6.45, 7) is 4.47. The zero-order valence-corrected chi connectivity index (χ0v) is 23.4. The maximum Gasteiger partial charge on any atom is 0.345 e. The van der Waals surface area contributed by atoms with Crippen LogP contribution in [0.4, 0.5) is 0 Å². The van der Waals surface area contributed by atoms with E-state index in [9.17, 15) is 14.7 Å². The smallest absolute Gasteiger partial charge is 0.345 e. The summed E-state index contributed by atoms with van der Waals surface area (Å²) in [6.07, 6.45) is 30.9. The van der Waals surface area contributed by atoms with Crippen molar-refractivity contribution in [3.8, 4) is 0 Å². The molecule has 0 amide bonds. The molecule has 0 fully saturated rings. The lowest BCUT2D eigenvalue weighted by atomic mass is 10.0. The predicted octanol–water partition coefficient (Wildman–Crippen LogP) is 9.94. The van der Waals surface area contributed by atoms with Crippen molar-refractivity contribution >= 4 is 11.9 Å². The van der Waals surface area contributed by atoms with Gasteiger partial charge >= 0.3 is 11.9 Å². The molecule has 206 valence electrons. The average molecular weight is 495 g/mol. The number of rotatable bonds is 27. The van der Waals surface area contributed by atoms with Crippen LogP contribution >= 0.6 is 0 Å². The van der Waals surface area contributed by atoms with Gasteiger partial charge in [0.1, 0.15) is 0 Å². The van der Waals surface area contributed by atoms with Crippen LogP contribution < -0.4 is 0 Å². The molecule has 0 saturated heterocycles. The largest absolute Gasteiger partial charge is 0.479 e. The molecule has 0 rings (SSSR count). The average Bonchev–Trinajstić information content (AvgIpc) is 2.84. The van der Waals surface area contributed by atoms with Gasteiger partial charge in [-0.2, -0.15) is 0 Å². The molecule has 0 aliphatic heterocycles. The number of hydrogen-bond donors (Lipinski definition) is 1. The maximum atomic E-state index is 12.1. The summed E-state index contributed by atoms with van der Waals surface area (Å²) in [4.78, 5) is 23.5. The number of allylic oxidation sites excluding steroid dienone is 2. The van der Waals surface area contributed by atoms with Gasteiger partial charge in [0.15, 0.2) is 6.10 Å². The molecule has 1 unspecified atom stereocenters. The Balaban J connectivity index is 3.61. The van der Waals surface area contributed by atoms with E-state index in [1.807, 2.05) is 0 Å². The van der Waals surface area contributed by atoms with E-state index in [0.29, 0.717) is 12.8 Å². The van der Waals surface area contributed by atoms with E-state index < -0.39 is 12.1 Å². The van der Waals surface area contributed by atoms with Crippen molar-refractivity contribution < 1.29 is 19.4 Å². The summed E-state index contributed by atoms with van der Waals surface area (Å²) in [7, 11) is 0. The van der Waals surface area contributed by atoms with E-state index in [4.69, 9.17) is 4.74 Å². The summed E-state index contributed by atoms with van der Waals surface area (Å²) >= 11 is 0. The monoisotopic (exact) mass is 494 g/mol. The van der Waals surface area contributed by atoms with Gasteiger partial charge in [0.25, 0.3) is 0 Å². The van der Waals surface area contributed by atoms with E-state index in [1.165, 1.54) is 103 Å².